The van der Waals surface area contributed by atoms with Gasteiger partial charge < -0.3 is 20.7 Å². The zero-order chi connectivity index (χ0) is 21.6. The van der Waals surface area contributed by atoms with Crippen LogP contribution in [0.4, 0.5) is 10.5 Å². The molecule has 1 heterocycles. The molecule has 1 aromatic carbocycles. The average molecular weight is 406 g/mol. The first-order valence-corrected chi connectivity index (χ1v) is 9.46. The summed E-state index contributed by atoms with van der Waals surface area (Å²) in [4.78, 5) is 48.7. The molecule has 10 nitrogen and oxygen atoms in total. The van der Waals surface area contributed by atoms with Crippen LogP contribution in [-0.2, 0) is 14.3 Å². The van der Waals surface area contributed by atoms with Crippen LogP contribution < -0.4 is 11.1 Å². The Morgan fingerprint density at radius 2 is 2.03 bits per heavy atom. The zero-order valence-corrected chi connectivity index (χ0v) is 16.5. The molecule has 3 amide bonds. The molecule has 0 spiro atoms. The van der Waals surface area contributed by atoms with Gasteiger partial charge in [0, 0.05) is 19.2 Å². The van der Waals surface area contributed by atoms with Crippen LogP contribution >= 0.6 is 0 Å². The second-order valence-electron chi connectivity index (χ2n) is 7.24. The summed E-state index contributed by atoms with van der Waals surface area (Å²) in [5.41, 5.74) is 5.33. The molecule has 2 rings (SSSR count). The lowest BCUT2D eigenvalue weighted by Gasteiger charge is -2.31. The largest absolute Gasteiger partial charge is 0.463 e. The van der Waals surface area contributed by atoms with Crippen LogP contribution in [0, 0.1) is 16.0 Å². The summed E-state index contributed by atoms with van der Waals surface area (Å²) in [6, 6.07) is 4.40. The number of hydrogen-bond donors (Lipinski definition) is 2. The number of nitro benzene ring substituents is 1. The van der Waals surface area contributed by atoms with E-state index < -0.39 is 34.8 Å². The summed E-state index contributed by atoms with van der Waals surface area (Å²) in [7, 11) is 0. The van der Waals surface area contributed by atoms with Gasteiger partial charge in [-0.25, -0.2) is 4.79 Å². The number of hydrogen-bond acceptors (Lipinski definition) is 6. The fourth-order valence-corrected chi connectivity index (χ4v) is 3.35. The molecular weight excluding hydrogens is 380 g/mol. The molecule has 1 saturated heterocycles. The third-order valence-electron chi connectivity index (χ3n) is 4.67. The Kier molecular flexibility index (Phi) is 7.52. The Hall–Kier alpha value is -3.17. The van der Waals surface area contributed by atoms with E-state index in [-0.39, 0.29) is 30.3 Å². The number of piperidine rings is 1. The van der Waals surface area contributed by atoms with E-state index in [0.29, 0.717) is 19.4 Å². The van der Waals surface area contributed by atoms with Crippen LogP contribution in [-0.4, -0.2) is 46.9 Å². The number of benzene rings is 1. The first-order valence-electron chi connectivity index (χ1n) is 9.46. The van der Waals surface area contributed by atoms with Crippen molar-refractivity contribution in [1.29, 1.82) is 0 Å². The summed E-state index contributed by atoms with van der Waals surface area (Å²) < 4.78 is 5.15. The number of likely N-dealkylation sites (tertiary alicyclic amines) is 1. The summed E-state index contributed by atoms with van der Waals surface area (Å²) in [6.45, 7) is 4.03. The third kappa shape index (κ3) is 6.16. The number of rotatable bonds is 7. The van der Waals surface area contributed by atoms with Crippen molar-refractivity contribution in [2.45, 2.75) is 45.3 Å². The number of nitrogens with zero attached hydrogens (tertiary/aromatic N) is 2. The number of ether oxygens (including phenoxy) is 1. The number of carbonyl (C=O) groups is 3. The number of primary amides is 1. The molecule has 10 heteroatoms. The maximum absolute atomic E-state index is 12.8. The Bertz CT molecular complexity index is 782. The van der Waals surface area contributed by atoms with Gasteiger partial charge in [0.25, 0.3) is 5.69 Å². The van der Waals surface area contributed by atoms with Crippen LogP contribution in [0.1, 0.15) is 44.7 Å². The molecule has 29 heavy (non-hydrogen) atoms. The van der Waals surface area contributed by atoms with Crippen molar-refractivity contribution in [2.24, 2.45) is 11.7 Å². The summed E-state index contributed by atoms with van der Waals surface area (Å²) in [5.74, 6) is -1.48. The summed E-state index contributed by atoms with van der Waals surface area (Å²) in [5, 5.41) is 14.2. The zero-order valence-electron chi connectivity index (χ0n) is 16.5. The molecule has 0 unspecified atom stereocenters. The fraction of sp³-hybridized carbons (Fsp3) is 0.526. The number of para-hydroxylation sites is 1. The van der Waals surface area contributed by atoms with Crippen molar-refractivity contribution in [2.75, 3.05) is 13.1 Å². The summed E-state index contributed by atoms with van der Waals surface area (Å²) >= 11 is 0. The SMILES string of the molecule is CC(C)OC(=O)C[C@@H](NC(=O)[C@@H]1CCCN(C(N)=O)C1)c1ccccc1[N+](=O)[O-]. The molecule has 0 aromatic heterocycles. The van der Waals surface area contributed by atoms with Gasteiger partial charge in [0.05, 0.1) is 35.0 Å². The Morgan fingerprint density at radius 1 is 1.34 bits per heavy atom. The lowest BCUT2D eigenvalue weighted by Crippen LogP contribution is -2.48. The monoisotopic (exact) mass is 406 g/mol. The highest BCUT2D eigenvalue weighted by Gasteiger charge is 2.32. The molecule has 2 atom stereocenters. The van der Waals surface area contributed by atoms with E-state index in [1.54, 1.807) is 19.9 Å². The van der Waals surface area contributed by atoms with Gasteiger partial charge in [-0.15, -0.1) is 0 Å². The molecular formula is C19H26N4O6. The van der Waals surface area contributed by atoms with Gasteiger partial charge in [-0.1, -0.05) is 18.2 Å². The predicted octanol–water partition coefficient (Wildman–Crippen LogP) is 1.88. The number of carbonyl (C=O) groups excluding carboxylic acids is 3. The van der Waals surface area contributed by atoms with Crippen LogP contribution in [0.15, 0.2) is 24.3 Å². The first-order chi connectivity index (χ1) is 13.7. The van der Waals surface area contributed by atoms with Gasteiger partial charge in [-0.3, -0.25) is 19.7 Å². The molecule has 1 aliphatic heterocycles. The Balaban J connectivity index is 2.23. The highest BCUT2D eigenvalue weighted by Crippen LogP contribution is 2.28. The van der Waals surface area contributed by atoms with E-state index in [1.807, 2.05) is 0 Å². The minimum absolute atomic E-state index is 0.168. The molecule has 0 aliphatic carbocycles. The highest BCUT2D eigenvalue weighted by molar-refractivity contribution is 5.82. The highest BCUT2D eigenvalue weighted by atomic mass is 16.6. The molecule has 0 saturated carbocycles. The van der Waals surface area contributed by atoms with Gasteiger partial charge in [0.1, 0.15) is 0 Å². The molecule has 1 aromatic rings. The lowest BCUT2D eigenvalue weighted by atomic mass is 9.95. The van der Waals surface area contributed by atoms with E-state index in [9.17, 15) is 24.5 Å². The van der Waals surface area contributed by atoms with Crippen LogP contribution in [0.25, 0.3) is 0 Å². The van der Waals surface area contributed by atoms with Crippen molar-refractivity contribution >= 4 is 23.6 Å². The number of amides is 3. The van der Waals surface area contributed by atoms with E-state index in [0.717, 1.165) is 0 Å². The Morgan fingerprint density at radius 3 is 2.66 bits per heavy atom. The second-order valence-corrected chi connectivity index (χ2v) is 7.24. The van der Waals surface area contributed by atoms with E-state index in [4.69, 9.17) is 10.5 Å². The van der Waals surface area contributed by atoms with Gasteiger partial charge in [0.2, 0.25) is 5.91 Å². The molecule has 1 aliphatic rings. The summed E-state index contributed by atoms with van der Waals surface area (Å²) in [6.07, 6.45) is 0.565. The van der Waals surface area contributed by atoms with Crippen LogP contribution in [0.2, 0.25) is 0 Å². The van der Waals surface area contributed by atoms with E-state index >= 15 is 0 Å². The first kappa shape index (κ1) is 22.1. The fourth-order valence-electron chi connectivity index (χ4n) is 3.35. The maximum Gasteiger partial charge on any atom is 0.314 e. The van der Waals surface area contributed by atoms with Gasteiger partial charge in [0.15, 0.2) is 0 Å². The minimum Gasteiger partial charge on any atom is -0.463 e. The van der Waals surface area contributed by atoms with Crippen molar-refractivity contribution < 1.29 is 24.0 Å². The van der Waals surface area contributed by atoms with Crippen molar-refractivity contribution in [3.05, 3.63) is 39.9 Å². The molecule has 0 radical (unpaired) electrons. The molecule has 3 N–H and O–H groups in total. The number of esters is 1. The number of nitrogens with two attached hydrogens (primary N) is 1. The van der Waals surface area contributed by atoms with Crippen molar-refractivity contribution in [1.82, 2.24) is 10.2 Å². The molecule has 0 bridgehead atoms. The standard InChI is InChI=1S/C19H26N4O6/c1-12(2)29-17(24)10-15(14-7-3-4-8-16(14)23(27)28)21-18(25)13-6-5-9-22(11-13)19(20)26/h3-4,7-8,12-13,15H,5-6,9-11H2,1-2H3,(H2,20,26)(H,21,25)/t13-,15-/m1/s1. The van der Waals surface area contributed by atoms with Crippen molar-refractivity contribution in [3.8, 4) is 0 Å². The molecule has 1 fully saturated rings. The Labute approximate surface area is 168 Å². The topological polar surface area (TPSA) is 145 Å². The quantitative estimate of drug-likeness (QED) is 0.402. The van der Waals surface area contributed by atoms with Gasteiger partial charge in [-0.05, 0) is 26.7 Å². The normalized spacial score (nSPS) is 17.5. The van der Waals surface area contributed by atoms with E-state index in [2.05, 4.69) is 5.32 Å². The van der Waals surface area contributed by atoms with Gasteiger partial charge in [-0.2, -0.15) is 0 Å². The molecule has 158 valence electrons. The number of nitrogens with one attached hydrogen (secondary N) is 1. The van der Waals surface area contributed by atoms with Crippen LogP contribution in [0.5, 0.6) is 0 Å². The van der Waals surface area contributed by atoms with Gasteiger partial charge >= 0.3 is 12.0 Å². The minimum atomic E-state index is -0.931. The predicted molar refractivity (Wildman–Crippen MR) is 104 cm³/mol. The van der Waals surface area contributed by atoms with Crippen molar-refractivity contribution in [3.63, 3.8) is 0 Å². The maximum atomic E-state index is 12.8. The lowest BCUT2D eigenvalue weighted by molar-refractivity contribution is -0.385. The number of urea groups is 1. The third-order valence-corrected chi connectivity index (χ3v) is 4.67. The van der Waals surface area contributed by atoms with E-state index in [1.165, 1.54) is 23.1 Å². The number of nitro groups is 1. The second kappa shape index (κ2) is 9.85. The smallest absolute Gasteiger partial charge is 0.314 e. The van der Waals surface area contributed by atoms with Crippen LogP contribution in [0.3, 0.4) is 0 Å². The average Bonchev–Trinajstić information content (AvgIpc) is 2.66.